The molecule has 0 saturated carbocycles. The van der Waals surface area contributed by atoms with Crippen LogP contribution in [0, 0.1) is 5.41 Å². The first-order valence-electron chi connectivity index (χ1n) is 6.05. The van der Waals surface area contributed by atoms with E-state index in [1.54, 1.807) is 12.2 Å². The third-order valence-corrected chi connectivity index (χ3v) is 2.62. The van der Waals surface area contributed by atoms with Crippen molar-refractivity contribution < 1.29 is 5.11 Å². The summed E-state index contributed by atoms with van der Waals surface area (Å²) in [6.07, 6.45) is 3.35. The van der Waals surface area contributed by atoms with Crippen LogP contribution in [0.5, 0.6) is 0 Å². The van der Waals surface area contributed by atoms with Crippen LogP contribution in [-0.2, 0) is 5.11 Å². The Hall–Kier alpha value is -2.39. The Kier molecular flexibility index (Phi) is 4.48. The van der Waals surface area contributed by atoms with Gasteiger partial charge in [-0.1, -0.05) is 54.6 Å². The molecule has 0 spiro atoms. The second-order valence-corrected chi connectivity index (χ2v) is 4.06. The Morgan fingerprint density at radius 2 is 1.89 bits per heavy atom. The van der Waals surface area contributed by atoms with Gasteiger partial charge in [0.2, 0.25) is 0 Å². The third kappa shape index (κ3) is 3.79. The van der Waals surface area contributed by atoms with Crippen LogP contribution in [-0.4, -0.2) is 12.4 Å². The lowest BCUT2D eigenvalue weighted by molar-refractivity contribution is 0.233. The number of nitrogens with one attached hydrogen (secondary N) is 2. The molecule has 3 nitrogen and oxygen atoms in total. The lowest BCUT2D eigenvalue weighted by Gasteiger charge is -2.08. The summed E-state index contributed by atoms with van der Waals surface area (Å²) in [5.74, 6) is 0.352. The predicted octanol–water partition coefficient (Wildman–Crippen LogP) is 3.57. The van der Waals surface area contributed by atoms with Crippen molar-refractivity contribution in [2.45, 2.75) is 0 Å². The van der Waals surface area contributed by atoms with Gasteiger partial charge in [-0.05, 0) is 17.7 Å². The van der Waals surface area contributed by atoms with Crippen molar-refractivity contribution in [2.24, 2.45) is 0 Å². The van der Waals surface area contributed by atoms with E-state index in [1.165, 1.54) is 0 Å². The highest BCUT2D eigenvalue weighted by Gasteiger charge is 2.00. The standard InChI is InChI=1S/C16H15N2O/c17-16(14-8-2-1-3-9-14)18-15-10-4-6-13(12-15)7-5-11-19/h1-10,12H,11H2,(H2,17,18)/b7-5+. The number of amidine groups is 1. The van der Waals surface area contributed by atoms with Crippen molar-refractivity contribution in [1.29, 1.82) is 5.41 Å². The molecule has 0 amide bonds. The summed E-state index contributed by atoms with van der Waals surface area (Å²) < 4.78 is 0. The summed E-state index contributed by atoms with van der Waals surface area (Å²) >= 11 is 0. The number of benzene rings is 2. The van der Waals surface area contributed by atoms with Crippen molar-refractivity contribution in [3.63, 3.8) is 0 Å². The van der Waals surface area contributed by atoms with Gasteiger partial charge in [-0.3, -0.25) is 5.41 Å². The molecule has 0 saturated heterocycles. The molecule has 2 N–H and O–H groups in total. The number of hydrogen-bond acceptors (Lipinski definition) is 1. The van der Waals surface area contributed by atoms with Crippen molar-refractivity contribution in [1.82, 2.24) is 0 Å². The molecule has 2 aromatic carbocycles. The van der Waals surface area contributed by atoms with E-state index in [2.05, 4.69) is 5.32 Å². The van der Waals surface area contributed by atoms with E-state index in [-0.39, 0.29) is 6.61 Å². The quantitative estimate of drug-likeness (QED) is 0.633. The fraction of sp³-hybridized carbons (Fsp3) is 0.0625. The SMILES string of the molecule is N=C(Nc1cccc(/C=C/C[O])c1)c1ccccc1. The molecule has 0 unspecified atom stereocenters. The summed E-state index contributed by atoms with van der Waals surface area (Å²) in [5, 5.41) is 21.5. The molecule has 0 atom stereocenters. The first kappa shape index (κ1) is 13.1. The fourth-order valence-corrected chi connectivity index (χ4v) is 1.73. The summed E-state index contributed by atoms with van der Waals surface area (Å²) in [6.45, 7) is -0.225. The van der Waals surface area contributed by atoms with Gasteiger partial charge in [0.05, 0.1) is 0 Å². The minimum Gasteiger partial charge on any atom is -0.340 e. The van der Waals surface area contributed by atoms with Gasteiger partial charge >= 0.3 is 0 Å². The molecular weight excluding hydrogens is 236 g/mol. The van der Waals surface area contributed by atoms with Gasteiger partial charge < -0.3 is 5.32 Å². The summed E-state index contributed by atoms with van der Waals surface area (Å²) in [5.41, 5.74) is 2.62. The molecule has 95 valence electrons. The lowest BCUT2D eigenvalue weighted by Crippen LogP contribution is -2.11. The number of hydrogen-bond donors (Lipinski definition) is 2. The highest BCUT2D eigenvalue weighted by Crippen LogP contribution is 2.13. The first-order chi connectivity index (χ1) is 9.29. The Morgan fingerprint density at radius 1 is 1.11 bits per heavy atom. The van der Waals surface area contributed by atoms with Crippen LogP contribution in [0.4, 0.5) is 5.69 Å². The monoisotopic (exact) mass is 251 g/mol. The normalized spacial score (nSPS) is 10.6. The van der Waals surface area contributed by atoms with E-state index in [9.17, 15) is 5.11 Å². The molecule has 0 fully saturated rings. The highest BCUT2D eigenvalue weighted by molar-refractivity contribution is 6.06. The van der Waals surface area contributed by atoms with Gasteiger partial charge in [-0.15, -0.1) is 0 Å². The average Bonchev–Trinajstić information content (AvgIpc) is 2.46. The Bertz CT molecular complexity index is 576. The minimum absolute atomic E-state index is 0.225. The van der Waals surface area contributed by atoms with Gasteiger partial charge in [0.25, 0.3) is 0 Å². The highest BCUT2D eigenvalue weighted by atomic mass is 16.2. The number of rotatable bonds is 4. The van der Waals surface area contributed by atoms with E-state index < -0.39 is 0 Å². The molecule has 2 rings (SSSR count). The van der Waals surface area contributed by atoms with Crippen LogP contribution in [0.1, 0.15) is 11.1 Å². The third-order valence-electron chi connectivity index (χ3n) is 2.62. The average molecular weight is 251 g/mol. The topological polar surface area (TPSA) is 55.8 Å². The maximum absolute atomic E-state index is 10.4. The maximum Gasteiger partial charge on any atom is 0.129 e. The molecule has 1 radical (unpaired) electrons. The summed E-state index contributed by atoms with van der Waals surface area (Å²) in [6, 6.07) is 17.1. The number of anilines is 1. The molecule has 0 aromatic heterocycles. The van der Waals surface area contributed by atoms with Gasteiger partial charge in [0, 0.05) is 11.3 Å². The fourth-order valence-electron chi connectivity index (χ4n) is 1.73. The second-order valence-electron chi connectivity index (χ2n) is 4.06. The van der Waals surface area contributed by atoms with Crippen LogP contribution in [0.25, 0.3) is 6.08 Å². The zero-order chi connectivity index (χ0) is 13.5. The van der Waals surface area contributed by atoms with Crippen molar-refractivity contribution in [3.8, 4) is 0 Å². The zero-order valence-corrected chi connectivity index (χ0v) is 10.5. The van der Waals surface area contributed by atoms with Gasteiger partial charge in [-0.2, -0.15) is 0 Å². The van der Waals surface area contributed by atoms with Crippen LogP contribution in [0.2, 0.25) is 0 Å². The summed E-state index contributed by atoms with van der Waals surface area (Å²) in [4.78, 5) is 0. The molecule has 0 bridgehead atoms. The van der Waals surface area contributed by atoms with Gasteiger partial charge in [0.15, 0.2) is 0 Å². The maximum atomic E-state index is 10.4. The summed E-state index contributed by atoms with van der Waals surface area (Å²) in [7, 11) is 0. The molecule has 3 heteroatoms. The molecule has 2 aromatic rings. The Labute approximate surface area is 112 Å². The molecule has 0 aliphatic rings. The van der Waals surface area contributed by atoms with Crippen LogP contribution in [0.3, 0.4) is 0 Å². The van der Waals surface area contributed by atoms with Crippen molar-refractivity contribution in [2.75, 3.05) is 11.9 Å². The van der Waals surface area contributed by atoms with Gasteiger partial charge in [-0.25, -0.2) is 5.11 Å². The minimum atomic E-state index is -0.225. The van der Waals surface area contributed by atoms with E-state index in [1.807, 2.05) is 54.6 Å². The van der Waals surface area contributed by atoms with Crippen LogP contribution >= 0.6 is 0 Å². The van der Waals surface area contributed by atoms with Crippen LogP contribution in [0.15, 0.2) is 60.7 Å². The predicted molar refractivity (Wildman–Crippen MR) is 77.9 cm³/mol. The van der Waals surface area contributed by atoms with Crippen molar-refractivity contribution in [3.05, 3.63) is 71.8 Å². The molecule has 0 heterocycles. The first-order valence-corrected chi connectivity index (χ1v) is 6.05. The Balaban J connectivity index is 2.11. The van der Waals surface area contributed by atoms with E-state index >= 15 is 0 Å². The smallest absolute Gasteiger partial charge is 0.129 e. The molecule has 0 aliphatic heterocycles. The molecule has 19 heavy (non-hydrogen) atoms. The molecule has 0 aliphatic carbocycles. The molecular formula is C16H15N2O. The Morgan fingerprint density at radius 3 is 2.63 bits per heavy atom. The largest absolute Gasteiger partial charge is 0.340 e. The van der Waals surface area contributed by atoms with E-state index in [0.29, 0.717) is 5.84 Å². The second kappa shape index (κ2) is 6.52. The van der Waals surface area contributed by atoms with Crippen molar-refractivity contribution >= 4 is 17.6 Å². The zero-order valence-electron chi connectivity index (χ0n) is 10.5. The van der Waals surface area contributed by atoms with E-state index in [0.717, 1.165) is 16.8 Å². The van der Waals surface area contributed by atoms with Crippen LogP contribution < -0.4 is 5.32 Å². The lowest BCUT2D eigenvalue weighted by atomic mass is 10.1. The van der Waals surface area contributed by atoms with Gasteiger partial charge in [0.1, 0.15) is 12.4 Å². The van der Waals surface area contributed by atoms with E-state index in [4.69, 9.17) is 5.41 Å².